The van der Waals surface area contributed by atoms with E-state index in [1.165, 1.54) is 52.7 Å². The van der Waals surface area contributed by atoms with Crippen LogP contribution in [0.4, 0.5) is 0 Å². The van der Waals surface area contributed by atoms with E-state index >= 15 is 0 Å². The number of rotatable bonds is 6. The molecule has 0 atom stereocenters. The summed E-state index contributed by atoms with van der Waals surface area (Å²) in [5.74, 6) is 3.05. The molecule has 5 rings (SSSR count). The molecule has 0 unspecified atom stereocenters. The van der Waals surface area contributed by atoms with Crippen molar-refractivity contribution in [1.29, 1.82) is 0 Å². The fourth-order valence-corrected chi connectivity index (χ4v) is 6.05. The third kappa shape index (κ3) is 3.62. The number of ether oxygens (including phenoxy) is 2. The SMILES string of the molecule is COc1cc(/C=N/NC(=O)CC23CC4CC(CC(C4)C2)C3)cc(OC)c1O. The second kappa shape index (κ2) is 7.06. The summed E-state index contributed by atoms with van der Waals surface area (Å²) in [6.45, 7) is 0. The van der Waals surface area contributed by atoms with Gasteiger partial charge in [0, 0.05) is 12.0 Å². The van der Waals surface area contributed by atoms with E-state index in [1.54, 1.807) is 18.3 Å². The molecule has 4 aliphatic carbocycles. The Hall–Kier alpha value is -2.24. The Morgan fingerprint density at radius 1 is 1.15 bits per heavy atom. The number of phenolic OH excluding ortho intramolecular Hbond substituents is 1. The Kier molecular flexibility index (Phi) is 4.74. The first-order chi connectivity index (χ1) is 13.0. The number of carbonyl (C=O) groups excluding carboxylic acids is 1. The average molecular weight is 372 g/mol. The minimum Gasteiger partial charge on any atom is -0.502 e. The number of methoxy groups -OCH3 is 2. The van der Waals surface area contributed by atoms with Crippen molar-refractivity contribution in [3.8, 4) is 17.2 Å². The molecule has 0 aliphatic heterocycles. The van der Waals surface area contributed by atoms with Crippen molar-refractivity contribution in [3.05, 3.63) is 17.7 Å². The number of aromatic hydroxyl groups is 1. The predicted molar refractivity (Wildman–Crippen MR) is 102 cm³/mol. The van der Waals surface area contributed by atoms with Crippen LogP contribution in [0.1, 0.15) is 50.5 Å². The Morgan fingerprint density at radius 3 is 2.15 bits per heavy atom. The van der Waals surface area contributed by atoms with Crippen LogP contribution >= 0.6 is 0 Å². The number of hydrogen-bond acceptors (Lipinski definition) is 5. The number of carbonyl (C=O) groups is 1. The summed E-state index contributed by atoms with van der Waals surface area (Å²) in [6.07, 6.45) is 9.89. The maximum absolute atomic E-state index is 12.5. The molecule has 1 amide bonds. The van der Waals surface area contributed by atoms with E-state index in [1.807, 2.05) is 0 Å². The monoisotopic (exact) mass is 372 g/mol. The summed E-state index contributed by atoms with van der Waals surface area (Å²) in [5.41, 5.74) is 3.57. The number of hydrogen-bond donors (Lipinski definition) is 2. The lowest BCUT2D eigenvalue weighted by atomic mass is 9.49. The predicted octanol–water partition coefficient (Wildman–Crippen LogP) is 3.47. The average Bonchev–Trinajstić information content (AvgIpc) is 2.61. The van der Waals surface area contributed by atoms with Gasteiger partial charge in [0.1, 0.15) is 0 Å². The molecule has 0 saturated heterocycles. The fourth-order valence-electron chi connectivity index (χ4n) is 6.05. The molecule has 4 saturated carbocycles. The fraction of sp³-hybridized carbons (Fsp3) is 0.619. The van der Waals surface area contributed by atoms with E-state index in [4.69, 9.17) is 9.47 Å². The smallest absolute Gasteiger partial charge is 0.240 e. The van der Waals surface area contributed by atoms with Crippen molar-refractivity contribution in [2.45, 2.75) is 44.9 Å². The van der Waals surface area contributed by atoms with Crippen LogP contribution in [-0.2, 0) is 4.79 Å². The molecular formula is C21H28N2O4. The van der Waals surface area contributed by atoms with Crippen LogP contribution < -0.4 is 14.9 Å². The molecule has 4 fully saturated rings. The molecule has 0 radical (unpaired) electrons. The minimum atomic E-state index is -0.0528. The van der Waals surface area contributed by atoms with Gasteiger partial charge >= 0.3 is 0 Å². The highest BCUT2D eigenvalue weighted by atomic mass is 16.5. The van der Waals surface area contributed by atoms with Crippen molar-refractivity contribution in [2.75, 3.05) is 14.2 Å². The molecule has 4 aliphatic rings. The van der Waals surface area contributed by atoms with Gasteiger partial charge in [-0.25, -0.2) is 5.43 Å². The normalized spacial score (nSPS) is 31.3. The third-order valence-electron chi connectivity index (χ3n) is 6.61. The van der Waals surface area contributed by atoms with Gasteiger partial charge in [-0.2, -0.15) is 5.10 Å². The highest BCUT2D eigenvalue weighted by Crippen LogP contribution is 2.61. The summed E-state index contributed by atoms with van der Waals surface area (Å²) >= 11 is 0. The molecule has 4 bridgehead atoms. The number of phenols is 1. The van der Waals surface area contributed by atoms with Gasteiger partial charge in [0.05, 0.1) is 20.4 Å². The number of benzene rings is 1. The van der Waals surface area contributed by atoms with Gasteiger partial charge in [-0.05, 0) is 73.8 Å². The van der Waals surface area contributed by atoms with E-state index in [0.29, 0.717) is 23.5 Å². The summed E-state index contributed by atoms with van der Waals surface area (Å²) in [5, 5.41) is 14.1. The Bertz CT molecular complexity index is 698. The first kappa shape index (κ1) is 18.1. The largest absolute Gasteiger partial charge is 0.502 e. The van der Waals surface area contributed by atoms with Gasteiger partial charge < -0.3 is 14.6 Å². The quantitative estimate of drug-likeness (QED) is 0.592. The molecule has 2 N–H and O–H groups in total. The highest BCUT2D eigenvalue weighted by Gasteiger charge is 2.51. The molecule has 1 aromatic rings. The topological polar surface area (TPSA) is 80.2 Å². The van der Waals surface area contributed by atoms with Crippen LogP contribution in [0.5, 0.6) is 17.2 Å². The van der Waals surface area contributed by atoms with Crippen molar-refractivity contribution in [2.24, 2.45) is 28.3 Å². The van der Waals surface area contributed by atoms with Gasteiger partial charge in [0.25, 0.3) is 0 Å². The molecular weight excluding hydrogens is 344 g/mol. The van der Waals surface area contributed by atoms with Crippen LogP contribution in [0.25, 0.3) is 0 Å². The maximum atomic E-state index is 12.5. The van der Waals surface area contributed by atoms with Crippen LogP contribution in [-0.4, -0.2) is 31.4 Å². The summed E-state index contributed by atoms with van der Waals surface area (Å²) in [7, 11) is 2.95. The number of nitrogens with zero attached hydrogens (tertiary/aromatic N) is 1. The highest BCUT2D eigenvalue weighted by molar-refractivity contribution is 5.84. The Balaban J connectivity index is 1.38. The van der Waals surface area contributed by atoms with E-state index in [0.717, 1.165) is 17.8 Å². The zero-order valence-corrected chi connectivity index (χ0v) is 16.0. The molecule has 6 heteroatoms. The standard InChI is InChI=1S/C21H28N2O4/c1-26-17-6-16(7-18(27-2)20(17)25)12-22-23-19(24)11-21-8-13-3-14(9-21)5-15(4-13)10-21/h6-7,12-15,25H,3-5,8-11H2,1-2H3,(H,23,24)/b22-12+. The molecule has 0 spiro atoms. The third-order valence-corrected chi connectivity index (χ3v) is 6.61. The minimum absolute atomic E-state index is 0.00842. The van der Waals surface area contributed by atoms with Crippen molar-refractivity contribution >= 4 is 12.1 Å². The van der Waals surface area contributed by atoms with Crippen LogP contribution in [0.3, 0.4) is 0 Å². The summed E-state index contributed by atoms with van der Waals surface area (Å²) < 4.78 is 10.3. The molecule has 0 heterocycles. The maximum Gasteiger partial charge on any atom is 0.240 e. The molecule has 27 heavy (non-hydrogen) atoms. The first-order valence-corrected chi connectivity index (χ1v) is 9.77. The molecule has 0 aromatic heterocycles. The molecule has 1 aromatic carbocycles. The van der Waals surface area contributed by atoms with Crippen molar-refractivity contribution in [1.82, 2.24) is 5.43 Å². The second-order valence-corrected chi connectivity index (χ2v) is 8.66. The van der Waals surface area contributed by atoms with Gasteiger partial charge in [-0.3, -0.25) is 4.79 Å². The van der Waals surface area contributed by atoms with Gasteiger partial charge in [-0.15, -0.1) is 0 Å². The first-order valence-electron chi connectivity index (χ1n) is 9.77. The van der Waals surface area contributed by atoms with Gasteiger partial charge in [0.15, 0.2) is 11.5 Å². The molecule has 6 nitrogen and oxygen atoms in total. The lowest BCUT2D eigenvalue weighted by Crippen LogP contribution is -2.47. The zero-order chi connectivity index (χ0) is 19.0. The lowest BCUT2D eigenvalue weighted by Gasteiger charge is -2.56. The van der Waals surface area contributed by atoms with Crippen LogP contribution in [0, 0.1) is 23.2 Å². The summed E-state index contributed by atoms with van der Waals surface area (Å²) in [4.78, 5) is 12.5. The second-order valence-electron chi connectivity index (χ2n) is 8.66. The van der Waals surface area contributed by atoms with Crippen LogP contribution in [0.15, 0.2) is 17.2 Å². The zero-order valence-electron chi connectivity index (χ0n) is 16.0. The Labute approximate surface area is 159 Å². The van der Waals surface area contributed by atoms with Crippen molar-refractivity contribution in [3.63, 3.8) is 0 Å². The number of amides is 1. The van der Waals surface area contributed by atoms with Crippen LogP contribution in [0.2, 0.25) is 0 Å². The van der Waals surface area contributed by atoms with Crippen molar-refractivity contribution < 1.29 is 19.4 Å². The van der Waals surface area contributed by atoms with E-state index in [2.05, 4.69) is 10.5 Å². The van der Waals surface area contributed by atoms with E-state index in [-0.39, 0.29) is 17.1 Å². The van der Waals surface area contributed by atoms with E-state index < -0.39 is 0 Å². The number of hydrazone groups is 1. The summed E-state index contributed by atoms with van der Waals surface area (Å²) in [6, 6.07) is 3.29. The van der Waals surface area contributed by atoms with Gasteiger partial charge in [-0.1, -0.05) is 0 Å². The lowest BCUT2D eigenvalue weighted by molar-refractivity contribution is -0.129. The molecule has 146 valence electrons. The number of nitrogens with one attached hydrogen (secondary N) is 1. The Morgan fingerprint density at radius 2 is 1.67 bits per heavy atom. The van der Waals surface area contributed by atoms with E-state index in [9.17, 15) is 9.90 Å². The van der Waals surface area contributed by atoms with Gasteiger partial charge in [0.2, 0.25) is 11.7 Å².